The Bertz CT molecular complexity index is 606. The number of carbonyl (C=O) groups is 4. The van der Waals surface area contributed by atoms with Crippen LogP contribution in [0.1, 0.15) is 33.6 Å². The molecule has 26 heavy (non-hydrogen) atoms. The summed E-state index contributed by atoms with van der Waals surface area (Å²) >= 11 is 0. The van der Waals surface area contributed by atoms with Crippen LogP contribution >= 0.6 is 0 Å². The molecular weight excluding hydrogens is 344 g/mol. The van der Waals surface area contributed by atoms with Crippen molar-refractivity contribution >= 4 is 24.0 Å². The molecule has 0 saturated carbocycles. The number of esters is 1. The predicted octanol–water partition coefficient (Wildman–Crippen LogP) is -0.192. The first kappa shape index (κ1) is 20.0. The lowest BCUT2D eigenvalue weighted by molar-refractivity contribution is -0.143. The van der Waals surface area contributed by atoms with Gasteiger partial charge in [-0.1, -0.05) is 0 Å². The van der Waals surface area contributed by atoms with Crippen molar-refractivity contribution in [2.45, 2.75) is 50.8 Å². The lowest BCUT2D eigenvalue weighted by Gasteiger charge is -2.37. The van der Waals surface area contributed by atoms with Gasteiger partial charge in [-0.2, -0.15) is 0 Å². The van der Waals surface area contributed by atoms with E-state index >= 15 is 0 Å². The van der Waals surface area contributed by atoms with Gasteiger partial charge in [0.1, 0.15) is 17.2 Å². The average Bonchev–Trinajstić information content (AvgIpc) is 2.77. The topological polar surface area (TPSA) is 131 Å². The highest BCUT2D eigenvalue weighted by Gasteiger charge is 2.53. The van der Waals surface area contributed by atoms with Gasteiger partial charge in [0.05, 0.1) is 13.7 Å². The average molecular weight is 370 g/mol. The molecule has 0 aromatic rings. The summed E-state index contributed by atoms with van der Waals surface area (Å²) in [6, 6.07) is -1.70. The van der Waals surface area contributed by atoms with E-state index in [-0.39, 0.29) is 32.5 Å². The zero-order valence-electron chi connectivity index (χ0n) is 15.5. The predicted molar refractivity (Wildman–Crippen MR) is 90.0 cm³/mol. The van der Waals surface area contributed by atoms with E-state index in [0.717, 1.165) is 4.90 Å². The highest BCUT2D eigenvalue weighted by atomic mass is 16.6. The second-order valence-corrected chi connectivity index (χ2v) is 7.53. The molecule has 1 spiro atoms. The normalized spacial score (nSPS) is 20.8. The third kappa shape index (κ3) is 4.06. The molecule has 1 atom stereocenters. The minimum atomic E-state index is -1.10. The summed E-state index contributed by atoms with van der Waals surface area (Å²) in [6.45, 7) is 5.63. The van der Waals surface area contributed by atoms with Gasteiger partial charge in [-0.05, 0) is 33.6 Å². The van der Waals surface area contributed by atoms with E-state index < -0.39 is 41.2 Å². The van der Waals surface area contributed by atoms with Gasteiger partial charge in [0.25, 0.3) is 5.91 Å². The summed E-state index contributed by atoms with van der Waals surface area (Å²) in [5.74, 6) is -1.14. The van der Waals surface area contributed by atoms with Gasteiger partial charge < -0.3 is 25.4 Å². The van der Waals surface area contributed by atoms with Crippen molar-refractivity contribution in [3.8, 4) is 0 Å². The second kappa shape index (κ2) is 7.10. The van der Waals surface area contributed by atoms with Crippen LogP contribution in [-0.2, 0) is 19.1 Å². The molecular formula is C16H26N4O6. The summed E-state index contributed by atoms with van der Waals surface area (Å²) in [5.41, 5.74) is 3.97. The van der Waals surface area contributed by atoms with Crippen LogP contribution in [0.5, 0.6) is 0 Å². The van der Waals surface area contributed by atoms with Crippen molar-refractivity contribution in [2.24, 2.45) is 5.73 Å². The van der Waals surface area contributed by atoms with Crippen molar-refractivity contribution in [1.82, 2.24) is 15.1 Å². The van der Waals surface area contributed by atoms with Crippen LogP contribution in [0.3, 0.4) is 0 Å². The molecule has 2 saturated heterocycles. The minimum absolute atomic E-state index is 0.255. The summed E-state index contributed by atoms with van der Waals surface area (Å²) < 4.78 is 9.84. The molecule has 0 aliphatic carbocycles. The number of hydrogen-bond acceptors (Lipinski definition) is 7. The summed E-state index contributed by atoms with van der Waals surface area (Å²) in [5, 5.41) is 2.69. The van der Waals surface area contributed by atoms with Gasteiger partial charge in [-0.15, -0.1) is 0 Å². The van der Waals surface area contributed by atoms with E-state index in [1.54, 1.807) is 20.8 Å². The summed E-state index contributed by atoms with van der Waals surface area (Å²) in [7, 11) is 1.18. The Balaban J connectivity index is 2.00. The number of imide groups is 1. The molecule has 3 N–H and O–H groups in total. The quantitative estimate of drug-likeness (QED) is 0.520. The van der Waals surface area contributed by atoms with Crippen molar-refractivity contribution in [3.63, 3.8) is 0 Å². The zero-order chi connectivity index (χ0) is 19.7. The van der Waals surface area contributed by atoms with Crippen molar-refractivity contribution in [3.05, 3.63) is 0 Å². The number of nitrogens with one attached hydrogen (secondary N) is 1. The van der Waals surface area contributed by atoms with Crippen LogP contribution < -0.4 is 11.1 Å². The van der Waals surface area contributed by atoms with Crippen LogP contribution in [0.25, 0.3) is 0 Å². The minimum Gasteiger partial charge on any atom is -0.468 e. The van der Waals surface area contributed by atoms with E-state index in [4.69, 9.17) is 10.5 Å². The van der Waals surface area contributed by atoms with Crippen LogP contribution in [-0.4, -0.2) is 77.7 Å². The smallest absolute Gasteiger partial charge is 0.410 e. The molecule has 4 amide bonds. The van der Waals surface area contributed by atoms with Crippen LogP contribution in [0.15, 0.2) is 0 Å². The molecule has 0 aromatic heterocycles. The Kier molecular flexibility index (Phi) is 5.45. The number of nitrogens with zero attached hydrogens (tertiary/aromatic N) is 2. The maximum atomic E-state index is 12.7. The Morgan fingerprint density at radius 2 is 1.85 bits per heavy atom. The monoisotopic (exact) mass is 370 g/mol. The highest BCUT2D eigenvalue weighted by Crippen LogP contribution is 2.30. The van der Waals surface area contributed by atoms with Crippen LogP contribution in [0.4, 0.5) is 9.59 Å². The third-order valence-electron chi connectivity index (χ3n) is 4.40. The van der Waals surface area contributed by atoms with Crippen LogP contribution in [0, 0.1) is 0 Å². The van der Waals surface area contributed by atoms with Crippen molar-refractivity contribution in [1.29, 1.82) is 0 Å². The van der Waals surface area contributed by atoms with E-state index in [1.807, 2.05) is 0 Å². The number of nitrogens with two attached hydrogens (primary N) is 1. The van der Waals surface area contributed by atoms with Gasteiger partial charge in [-0.3, -0.25) is 14.5 Å². The van der Waals surface area contributed by atoms with E-state index in [2.05, 4.69) is 10.1 Å². The van der Waals surface area contributed by atoms with E-state index in [1.165, 1.54) is 12.0 Å². The fourth-order valence-corrected chi connectivity index (χ4v) is 3.00. The molecule has 0 bridgehead atoms. The number of likely N-dealkylation sites (tertiary alicyclic amines) is 1. The molecule has 10 nitrogen and oxygen atoms in total. The number of ether oxygens (including phenoxy) is 2. The second-order valence-electron chi connectivity index (χ2n) is 7.53. The van der Waals surface area contributed by atoms with Crippen molar-refractivity contribution < 1.29 is 28.7 Å². The largest absolute Gasteiger partial charge is 0.468 e. The van der Waals surface area contributed by atoms with Gasteiger partial charge in [0.2, 0.25) is 0 Å². The third-order valence-corrected chi connectivity index (χ3v) is 4.40. The molecule has 0 radical (unpaired) electrons. The molecule has 0 aromatic carbocycles. The SMILES string of the molecule is COC(=O)[C@@H](N)CN1C(=O)NC2(CCN(C(=O)OC(C)(C)C)CC2)C1=O. The first-order valence-corrected chi connectivity index (χ1v) is 8.44. The number of carbonyl (C=O) groups excluding carboxylic acids is 4. The fourth-order valence-electron chi connectivity index (χ4n) is 3.00. The Labute approximate surface area is 151 Å². The maximum absolute atomic E-state index is 12.7. The van der Waals surface area contributed by atoms with E-state index in [9.17, 15) is 19.2 Å². The Morgan fingerprint density at radius 1 is 1.27 bits per heavy atom. The molecule has 146 valence electrons. The number of methoxy groups -OCH3 is 1. The van der Waals surface area contributed by atoms with Gasteiger partial charge in [0.15, 0.2) is 0 Å². The number of amides is 4. The lowest BCUT2D eigenvalue weighted by atomic mass is 9.87. The first-order valence-electron chi connectivity index (χ1n) is 8.44. The number of urea groups is 1. The molecule has 0 unspecified atom stereocenters. The Hall–Kier alpha value is -2.36. The number of piperidine rings is 1. The number of rotatable bonds is 3. The molecule has 2 fully saturated rings. The van der Waals surface area contributed by atoms with Gasteiger partial charge in [0, 0.05) is 13.1 Å². The summed E-state index contributed by atoms with van der Waals surface area (Å²) in [6.07, 6.45) is 0.0790. The summed E-state index contributed by atoms with van der Waals surface area (Å²) in [4.78, 5) is 51.0. The maximum Gasteiger partial charge on any atom is 0.410 e. The number of hydrogen-bond donors (Lipinski definition) is 2. The van der Waals surface area contributed by atoms with Gasteiger partial charge in [-0.25, -0.2) is 9.59 Å². The fraction of sp³-hybridized carbons (Fsp3) is 0.750. The molecule has 10 heteroatoms. The Morgan fingerprint density at radius 3 is 2.35 bits per heavy atom. The molecule has 2 aliphatic rings. The zero-order valence-corrected chi connectivity index (χ0v) is 15.5. The standard InChI is InChI=1S/C16H26N4O6/c1-15(2,3)26-14(24)19-7-5-16(6-8-19)12(22)20(13(23)18-16)9-10(17)11(21)25-4/h10H,5-9,17H2,1-4H3,(H,18,23)/t10-/m0/s1. The molecule has 2 heterocycles. The molecule has 2 rings (SSSR count). The molecule has 2 aliphatic heterocycles. The lowest BCUT2D eigenvalue weighted by Crippen LogP contribution is -2.56. The van der Waals surface area contributed by atoms with Crippen molar-refractivity contribution in [2.75, 3.05) is 26.7 Å². The van der Waals surface area contributed by atoms with Crippen LogP contribution in [0.2, 0.25) is 0 Å². The van der Waals surface area contributed by atoms with Gasteiger partial charge >= 0.3 is 18.1 Å². The first-order chi connectivity index (χ1) is 12.0. The van der Waals surface area contributed by atoms with E-state index in [0.29, 0.717) is 0 Å². The highest BCUT2D eigenvalue weighted by molar-refractivity contribution is 6.07.